The van der Waals surface area contributed by atoms with E-state index in [1.807, 2.05) is 12.1 Å². The molecule has 1 aromatic rings. The van der Waals surface area contributed by atoms with Gasteiger partial charge in [-0.05, 0) is 37.3 Å². The van der Waals surface area contributed by atoms with Crippen molar-refractivity contribution in [3.05, 3.63) is 28.2 Å². The van der Waals surface area contributed by atoms with Crippen LogP contribution in [0.25, 0.3) is 0 Å². The highest BCUT2D eigenvalue weighted by atomic mass is 35.5. The molecule has 1 saturated carbocycles. The summed E-state index contributed by atoms with van der Waals surface area (Å²) in [7, 11) is 0. The molecule has 0 amide bonds. The Balaban J connectivity index is 1.82. The van der Waals surface area contributed by atoms with Crippen LogP contribution in [0, 0.1) is 5.92 Å². The third-order valence-corrected chi connectivity index (χ3v) is 3.65. The van der Waals surface area contributed by atoms with E-state index in [0.29, 0.717) is 28.3 Å². The molecule has 1 aliphatic carbocycles. The number of rotatable bonds is 5. The fraction of sp³-hybridized carbons (Fsp3) is 0.500. The minimum absolute atomic E-state index is 0.262. The summed E-state index contributed by atoms with van der Waals surface area (Å²) in [6.45, 7) is 0.595. The first-order valence-electron chi connectivity index (χ1n) is 5.51. The number of ether oxygens (including phenoxy) is 1. The summed E-state index contributed by atoms with van der Waals surface area (Å²) in [4.78, 5) is 0. The van der Waals surface area contributed by atoms with Gasteiger partial charge in [0.2, 0.25) is 0 Å². The molecule has 0 radical (unpaired) electrons. The van der Waals surface area contributed by atoms with Crippen LogP contribution in [0.5, 0.6) is 5.75 Å². The summed E-state index contributed by atoms with van der Waals surface area (Å²) in [6.07, 6.45) is 3.39. The lowest BCUT2D eigenvalue weighted by Gasteiger charge is -2.12. The number of halogens is 2. The summed E-state index contributed by atoms with van der Waals surface area (Å²) >= 11 is 11.9. The fourth-order valence-electron chi connectivity index (χ4n) is 1.66. The highest BCUT2D eigenvalue weighted by molar-refractivity contribution is 6.42. The van der Waals surface area contributed by atoms with Crippen LogP contribution in [0.2, 0.25) is 10.0 Å². The predicted molar refractivity (Wildman–Crippen MR) is 67.3 cm³/mol. The molecule has 0 spiro atoms. The van der Waals surface area contributed by atoms with Crippen LogP contribution in [0.15, 0.2) is 18.2 Å². The van der Waals surface area contributed by atoms with E-state index in [1.165, 1.54) is 12.8 Å². The maximum absolute atomic E-state index is 6.00. The number of benzene rings is 1. The van der Waals surface area contributed by atoms with Gasteiger partial charge in [-0.3, -0.25) is 0 Å². The van der Waals surface area contributed by atoms with Gasteiger partial charge in [-0.1, -0.05) is 29.3 Å². The molecule has 4 heteroatoms. The molecular formula is C12H15Cl2NO. The van der Waals surface area contributed by atoms with Crippen molar-refractivity contribution in [3.8, 4) is 5.75 Å². The minimum atomic E-state index is 0.262. The van der Waals surface area contributed by atoms with Crippen molar-refractivity contribution in [2.24, 2.45) is 11.7 Å². The Morgan fingerprint density at radius 2 is 2.12 bits per heavy atom. The van der Waals surface area contributed by atoms with Gasteiger partial charge in [-0.2, -0.15) is 0 Å². The van der Waals surface area contributed by atoms with Crippen molar-refractivity contribution in [2.75, 3.05) is 6.61 Å². The zero-order chi connectivity index (χ0) is 11.5. The molecule has 1 aliphatic rings. The summed E-state index contributed by atoms with van der Waals surface area (Å²) in [5, 5.41) is 0.995. The van der Waals surface area contributed by atoms with Crippen LogP contribution in [-0.2, 0) is 0 Å². The van der Waals surface area contributed by atoms with Gasteiger partial charge in [0, 0.05) is 6.04 Å². The van der Waals surface area contributed by atoms with Crippen molar-refractivity contribution >= 4 is 23.2 Å². The fourth-order valence-corrected chi connectivity index (χ4v) is 2.01. The third-order valence-electron chi connectivity index (χ3n) is 2.85. The van der Waals surface area contributed by atoms with Crippen LogP contribution < -0.4 is 10.5 Å². The highest BCUT2D eigenvalue weighted by Gasteiger charge is 2.28. The average Bonchev–Trinajstić information content (AvgIpc) is 3.07. The third kappa shape index (κ3) is 3.03. The van der Waals surface area contributed by atoms with E-state index in [4.69, 9.17) is 33.7 Å². The first-order valence-corrected chi connectivity index (χ1v) is 6.26. The van der Waals surface area contributed by atoms with E-state index in [-0.39, 0.29) is 6.04 Å². The molecule has 2 nitrogen and oxygen atoms in total. The van der Waals surface area contributed by atoms with E-state index in [9.17, 15) is 0 Å². The number of nitrogens with two attached hydrogens (primary N) is 1. The Labute approximate surface area is 106 Å². The van der Waals surface area contributed by atoms with Gasteiger partial charge in [0.25, 0.3) is 0 Å². The lowest BCUT2D eigenvalue weighted by atomic mass is 10.1. The van der Waals surface area contributed by atoms with Crippen molar-refractivity contribution in [3.63, 3.8) is 0 Å². The Bertz CT molecular complexity index is 366. The standard InChI is InChI=1S/C12H15Cl2NO/c13-9-2-1-3-11(12(9)14)16-7-6-10(15)8-4-5-8/h1-3,8,10H,4-7,15H2. The van der Waals surface area contributed by atoms with Gasteiger partial charge in [0.05, 0.1) is 11.6 Å². The van der Waals surface area contributed by atoms with Gasteiger partial charge >= 0.3 is 0 Å². The Kier molecular flexibility index (Phi) is 3.95. The minimum Gasteiger partial charge on any atom is -0.492 e. The lowest BCUT2D eigenvalue weighted by Crippen LogP contribution is -2.24. The molecule has 0 aliphatic heterocycles. The Morgan fingerprint density at radius 1 is 1.38 bits per heavy atom. The zero-order valence-corrected chi connectivity index (χ0v) is 10.5. The topological polar surface area (TPSA) is 35.2 Å². The molecule has 1 fully saturated rings. The monoisotopic (exact) mass is 259 g/mol. The summed E-state index contributed by atoms with van der Waals surface area (Å²) in [5.41, 5.74) is 5.97. The van der Waals surface area contributed by atoms with E-state index < -0.39 is 0 Å². The smallest absolute Gasteiger partial charge is 0.139 e. The highest BCUT2D eigenvalue weighted by Crippen LogP contribution is 2.34. The van der Waals surface area contributed by atoms with Crippen LogP contribution in [0.4, 0.5) is 0 Å². The second kappa shape index (κ2) is 5.26. The van der Waals surface area contributed by atoms with Crippen LogP contribution in [0.3, 0.4) is 0 Å². The van der Waals surface area contributed by atoms with Gasteiger partial charge in [-0.25, -0.2) is 0 Å². The number of hydrogen-bond donors (Lipinski definition) is 1. The average molecular weight is 260 g/mol. The molecule has 88 valence electrons. The summed E-state index contributed by atoms with van der Waals surface area (Å²) in [6, 6.07) is 5.64. The van der Waals surface area contributed by atoms with Crippen molar-refractivity contribution in [1.82, 2.24) is 0 Å². The van der Waals surface area contributed by atoms with Crippen molar-refractivity contribution in [2.45, 2.75) is 25.3 Å². The first-order chi connectivity index (χ1) is 7.68. The lowest BCUT2D eigenvalue weighted by molar-refractivity contribution is 0.292. The summed E-state index contributed by atoms with van der Waals surface area (Å²) in [5.74, 6) is 1.34. The maximum Gasteiger partial charge on any atom is 0.139 e. The largest absolute Gasteiger partial charge is 0.492 e. The normalized spacial score (nSPS) is 17.2. The van der Waals surface area contributed by atoms with E-state index in [2.05, 4.69) is 0 Å². The van der Waals surface area contributed by atoms with Gasteiger partial charge in [-0.15, -0.1) is 0 Å². The Hall–Kier alpha value is -0.440. The summed E-state index contributed by atoms with van der Waals surface area (Å²) < 4.78 is 5.57. The molecule has 0 bridgehead atoms. The molecule has 0 heterocycles. The molecule has 1 unspecified atom stereocenters. The van der Waals surface area contributed by atoms with Gasteiger partial charge < -0.3 is 10.5 Å². The zero-order valence-electron chi connectivity index (χ0n) is 8.96. The molecule has 0 saturated heterocycles. The van der Waals surface area contributed by atoms with E-state index >= 15 is 0 Å². The van der Waals surface area contributed by atoms with E-state index in [0.717, 1.165) is 6.42 Å². The molecule has 1 atom stereocenters. The molecule has 0 aromatic heterocycles. The number of hydrogen-bond acceptors (Lipinski definition) is 2. The molecule has 2 rings (SSSR count). The SMILES string of the molecule is NC(CCOc1cccc(Cl)c1Cl)C1CC1. The molecule has 1 aromatic carbocycles. The predicted octanol–water partition coefficient (Wildman–Crippen LogP) is 3.50. The van der Waals surface area contributed by atoms with Crippen LogP contribution in [-0.4, -0.2) is 12.6 Å². The van der Waals surface area contributed by atoms with Gasteiger partial charge in [0.1, 0.15) is 10.8 Å². The van der Waals surface area contributed by atoms with Gasteiger partial charge in [0.15, 0.2) is 0 Å². The maximum atomic E-state index is 6.00. The van der Waals surface area contributed by atoms with Crippen LogP contribution >= 0.6 is 23.2 Å². The first kappa shape index (κ1) is 12.0. The molecule has 2 N–H and O–H groups in total. The van der Waals surface area contributed by atoms with E-state index in [1.54, 1.807) is 6.07 Å². The van der Waals surface area contributed by atoms with Crippen molar-refractivity contribution in [1.29, 1.82) is 0 Å². The van der Waals surface area contributed by atoms with Crippen LogP contribution in [0.1, 0.15) is 19.3 Å². The quantitative estimate of drug-likeness (QED) is 0.879. The second-order valence-electron chi connectivity index (χ2n) is 4.19. The Morgan fingerprint density at radius 3 is 2.81 bits per heavy atom. The molecular weight excluding hydrogens is 245 g/mol. The second-order valence-corrected chi connectivity index (χ2v) is 4.98. The van der Waals surface area contributed by atoms with Crippen molar-refractivity contribution < 1.29 is 4.74 Å². The molecule has 16 heavy (non-hydrogen) atoms.